The van der Waals surface area contributed by atoms with E-state index in [1.54, 1.807) is 6.92 Å². The Balaban J connectivity index is 3.80. The van der Waals surface area contributed by atoms with Crippen LogP contribution in [0.15, 0.2) is 23.3 Å². The van der Waals surface area contributed by atoms with Crippen molar-refractivity contribution in [3.63, 3.8) is 0 Å². The summed E-state index contributed by atoms with van der Waals surface area (Å²) in [7, 11) is 0. The van der Waals surface area contributed by atoms with E-state index in [-0.39, 0.29) is 0 Å². The molecule has 0 aliphatic rings. The van der Waals surface area contributed by atoms with Crippen LogP contribution in [0.3, 0.4) is 0 Å². The van der Waals surface area contributed by atoms with Gasteiger partial charge in [0.2, 0.25) is 0 Å². The van der Waals surface area contributed by atoms with Crippen molar-refractivity contribution in [1.82, 2.24) is 0 Å². The molecule has 1 heteroatoms. The summed E-state index contributed by atoms with van der Waals surface area (Å²) >= 11 is 0. The van der Waals surface area contributed by atoms with Gasteiger partial charge >= 0.3 is 0 Å². The van der Waals surface area contributed by atoms with Crippen LogP contribution in [0, 0.1) is 5.92 Å². The summed E-state index contributed by atoms with van der Waals surface area (Å²) in [6.45, 7) is 10.6. The molecule has 0 bridgehead atoms. The first-order valence-electron chi connectivity index (χ1n) is 7.72. The van der Waals surface area contributed by atoms with E-state index in [4.69, 9.17) is 0 Å². The molecule has 1 nitrogen and oxygen atoms in total. The van der Waals surface area contributed by atoms with E-state index in [0.717, 1.165) is 31.6 Å². The molecule has 19 heavy (non-hydrogen) atoms. The molecule has 0 spiro atoms. The lowest BCUT2D eigenvalue weighted by Crippen LogP contribution is -1.89. The van der Waals surface area contributed by atoms with Crippen LogP contribution in [-0.2, 0) is 4.79 Å². The van der Waals surface area contributed by atoms with Gasteiger partial charge in [0.25, 0.3) is 0 Å². The minimum absolute atomic E-state index is 0.300. The van der Waals surface area contributed by atoms with E-state index in [2.05, 4.69) is 39.8 Å². The fraction of sp³-hybridized carbons (Fsp3) is 0.722. The Labute approximate surface area is 120 Å². The third-order valence-electron chi connectivity index (χ3n) is 3.39. The summed E-state index contributed by atoms with van der Waals surface area (Å²) in [6.07, 6.45) is 12.3. The molecule has 0 aromatic heterocycles. The summed E-state index contributed by atoms with van der Waals surface area (Å²) in [5, 5.41) is 0. The molecule has 0 saturated carbocycles. The quantitative estimate of drug-likeness (QED) is 0.452. The van der Waals surface area contributed by atoms with Crippen molar-refractivity contribution in [1.29, 1.82) is 0 Å². The molecule has 0 N–H and O–H groups in total. The van der Waals surface area contributed by atoms with Crippen molar-refractivity contribution in [3.8, 4) is 0 Å². The third kappa shape index (κ3) is 13.4. The molecule has 0 amide bonds. The minimum atomic E-state index is 0.300. The van der Waals surface area contributed by atoms with Gasteiger partial charge in [-0.25, -0.2) is 0 Å². The van der Waals surface area contributed by atoms with E-state index in [1.165, 1.54) is 30.4 Å². The molecule has 110 valence electrons. The first-order valence-corrected chi connectivity index (χ1v) is 7.72. The van der Waals surface area contributed by atoms with Gasteiger partial charge in [0, 0.05) is 6.42 Å². The maximum atomic E-state index is 10.8. The van der Waals surface area contributed by atoms with Gasteiger partial charge < -0.3 is 4.79 Å². The Bertz CT molecular complexity index is 308. The van der Waals surface area contributed by atoms with E-state index in [1.807, 2.05) is 0 Å². The molecule has 0 fully saturated rings. The van der Waals surface area contributed by atoms with Crippen molar-refractivity contribution in [3.05, 3.63) is 23.3 Å². The van der Waals surface area contributed by atoms with E-state index in [9.17, 15) is 4.79 Å². The van der Waals surface area contributed by atoms with Gasteiger partial charge in [0.1, 0.15) is 5.78 Å². The average Bonchev–Trinajstić information content (AvgIpc) is 2.27. The number of rotatable bonds is 10. The Kier molecular flexibility index (Phi) is 10.5. The second kappa shape index (κ2) is 11.0. The second-order valence-corrected chi connectivity index (χ2v) is 6.18. The maximum absolute atomic E-state index is 10.8. The highest BCUT2D eigenvalue weighted by molar-refractivity contribution is 5.75. The topological polar surface area (TPSA) is 17.1 Å². The summed E-state index contributed by atoms with van der Waals surface area (Å²) in [5.41, 5.74) is 2.92. The average molecular weight is 264 g/mol. The van der Waals surface area contributed by atoms with Crippen LogP contribution in [0.1, 0.15) is 79.6 Å². The molecule has 0 aromatic carbocycles. The molecule has 0 atom stereocenters. The largest absolute Gasteiger partial charge is 0.300 e. The number of carbonyl (C=O) groups excluding carboxylic acids is 1. The SMILES string of the molecule is CC(=O)CCC/C(C)=C/C/C=C(\C)CCCC(C)C. The minimum Gasteiger partial charge on any atom is -0.300 e. The van der Waals surface area contributed by atoms with Gasteiger partial charge in [-0.3, -0.25) is 0 Å². The zero-order valence-corrected chi connectivity index (χ0v) is 13.6. The zero-order chi connectivity index (χ0) is 14.7. The molecule has 0 aliphatic carbocycles. The summed E-state index contributed by atoms with van der Waals surface area (Å²) in [5.74, 6) is 1.12. The fourth-order valence-electron chi connectivity index (χ4n) is 2.07. The highest BCUT2D eigenvalue weighted by atomic mass is 16.1. The number of hydrogen-bond acceptors (Lipinski definition) is 1. The van der Waals surface area contributed by atoms with Crippen molar-refractivity contribution in [2.75, 3.05) is 0 Å². The van der Waals surface area contributed by atoms with Crippen molar-refractivity contribution in [2.24, 2.45) is 5.92 Å². The highest BCUT2D eigenvalue weighted by Crippen LogP contribution is 2.13. The van der Waals surface area contributed by atoms with Gasteiger partial charge in [-0.2, -0.15) is 0 Å². The predicted octanol–water partition coefficient (Wildman–Crippen LogP) is 5.85. The number of carbonyl (C=O) groups is 1. The molecule has 0 aliphatic heterocycles. The molecule has 0 heterocycles. The lowest BCUT2D eigenvalue weighted by molar-refractivity contribution is -0.117. The van der Waals surface area contributed by atoms with E-state index in [0.29, 0.717) is 5.78 Å². The number of ketones is 1. The third-order valence-corrected chi connectivity index (χ3v) is 3.39. The van der Waals surface area contributed by atoms with Gasteiger partial charge in [0.15, 0.2) is 0 Å². The van der Waals surface area contributed by atoms with Crippen LogP contribution >= 0.6 is 0 Å². The van der Waals surface area contributed by atoms with Crippen molar-refractivity contribution in [2.45, 2.75) is 79.6 Å². The Morgan fingerprint density at radius 3 is 1.89 bits per heavy atom. The highest BCUT2D eigenvalue weighted by Gasteiger charge is 1.96. The number of Topliss-reactive ketones (excluding diaryl/α,β-unsaturated/α-hetero) is 1. The molecule has 0 saturated heterocycles. The van der Waals surface area contributed by atoms with Gasteiger partial charge in [-0.1, -0.05) is 43.6 Å². The molecular weight excluding hydrogens is 232 g/mol. The normalized spacial score (nSPS) is 13.2. The summed E-state index contributed by atoms with van der Waals surface area (Å²) < 4.78 is 0. The monoisotopic (exact) mass is 264 g/mol. The molecule has 0 aromatic rings. The number of allylic oxidation sites excluding steroid dienone is 4. The molecule has 0 unspecified atom stereocenters. The molecule has 0 radical (unpaired) electrons. The zero-order valence-electron chi connectivity index (χ0n) is 13.6. The van der Waals surface area contributed by atoms with E-state index < -0.39 is 0 Å². The van der Waals surface area contributed by atoms with Crippen LogP contribution < -0.4 is 0 Å². The predicted molar refractivity (Wildman–Crippen MR) is 85.4 cm³/mol. The van der Waals surface area contributed by atoms with Crippen LogP contribution in [-0.4, -0.2) is 5.78 Å². The van der Waals surface area contributed by atoms with Crippen molar-refractivity contribution >= 4 is 5.78 Å². The van der Waals surface area contributed by atoms with Gasteiger partial charge in [0.05, 0.1) is 0 Å². The lowest BCUT2D eigenvalue weighted by atomic mass is 10.0. The standard InChI is InChI=1S/C18H32O/c1-15(2)9-6-10-16(3)11-7-12-17(4)13-8-14-18(5)19/h11-12,15H,6-10,13-14H2,1-5H3/b16-11+,17-12+. The van der Waals surface area contributed by atoms with Crippen LogP contribution in [0.5, 0.6) is 0 Å². The van der Waals surface area contributed by atoms with Gasteiger partial charge in [-0.05, 0) is 58.8 Å². The Hall–Kier alpha value is -0.850. The lowest BCUT2D eigenvalue weighted by Gasteiger charge is -2.04. The fourth-order valence-corrected chi connectivity index (χ4v) is 2.07. The van der Waals surface area contributed by atoms with Crippen molar-refractivity contribution < 1.29 is 4.79 Å². The Morgan fingerprint density at radius 1 is 0.895 bits per heavy atom. The van der Waals surface area contributed by atoms with Crippen LogP contribution in [0.2, 0.25) is 0 Å². The second-order valence-electron chi connectivity index (χ2n) is 6.18. The van der Waals surface area contributed by atoms with Gasteiger partial charge in [-0.15, -0.1) is 0 Å². The molecule has 0 rings (SSSR count). The summed E-state index contributed by atoms with van der Waals surface area (Å²) in [6, 6.07) is 0. The summed E-state index contributed by atoms with van der Waals surface area (Å²) in [4.78, 5) is 10.8. The van der Waals surface area contributed by atoms with Crippen LogP contribution in [0.4, 0.5) is 0 Å². The van der Waals surface area contributed by atoms with E-state index >= 15 is 0 Å². The molecular formula is C18H32O. The Morgan fingerprint density at radius 2 is 1.42 bits per heavy atom. The first kappa shape index (κ1) is 18.1. The van der Waals surface area contributed by atoms with Crippen LogP contribution in [0.25, 0.3) is 0 Å². The smallest absolute Gasteiger partial charge is 0.129 e. The number of hydrogen-bond donors (Lipinski definition) is 0. The maximum Gasteiger partial charge on any atom is 0.129 e. The first-order chi connectivity index (χ1) is 8.91.